The van der Waals surface area contributed by atoms with E-state index in [1.165, 1.54) is 31.2 Å². The minimum absolute atomic E-state index is 0.0170. The normalized spacial score (nSPS) is 22.1. The molecule has 20 heteroatoms. The summed E-state index contributed by atoms with van der Waals surface area (Å²) in [6.45, 7) is 3.72. The van der Waals surface area contributed by atoms with Crippen molar-refractivity contribution in [3.05, 3.63) is 35.6 Å². The van der Waals surface area contributed by atoms with Crippen LogP contribution in [0, 0.1) is 11.2 Å². The molecule has 1 heterocycles. The van der Waals surface area contributed by atoms with Crippen LogP contribution in [0.2, 0.25) is 0 Å². The molecule has 1 aromatic rings. The third-order valence-corrected chi connectivity index (χ3v) is 9.25. The Morgan fingerprint density at radius 2 is 1.61 bits per heavy atom. The fourth-order valence-corrected chi connectivity index (χ4v) is 6.11. The van der Waals surface area contributed by atoms with Gasteiger partial charge in [-0.3, -0.25) is 39.0 Å². The van der Waals surface area contributed by atoms with Crippen LogP contribution in [0.25, 0.3) is 0 Å². The topological polar surface area (TPSA) is 318 Å². The molecule has 0 spiro atoms. The number of carbonyl (C=O) groups excluding carboxylic acids is 7. The Morgan fingerprint density at radius 1 is 0.930 bits per heavy atom. The van der Waals surface area contributed by atoms with E-state index in [2.05, 4.69) is 42.5 Å². The lowest BCUT2D eigenvalue weighted by atomic mass is 10.0. The number of nitrogens with two attached hydrogens (primary N) is 3. The minimum atomic E-state index is -1.33. The smallest absolute Gasteiger partial charge is 0.243 e. The average Bonchev–Trinajstić information content (AvgIpc) is 3.15. The number of carbonyl (C=O) groups is 7. The Bertz CT molecular complexity index is 1520. The highest BCUT2D eigenvalue weighted by Gasteiger charge is 2.32. The van der Waals surface area contributed by atoms with Crippen LogP contribution >= 0.6 is 0 Å². The van der Waals surface area contributed by atoms with Gasteiger partial charge in [-0.15, -0.1) is 0 Å². The van der Waals surface area contributed by atoms with Crippen LogP contribution < -0.4 is 59.7 Å². The third kappa shape index (κ3) is 18.9. The van der Waals surface area contributed by atoms with Gasteiger partial charge in [0, 0.05) is 45.4 Å². The van der Waals surface area contributed by atoms with Gasteiger partial charge in [-0.2, -0.15) is 0 Å². The summed E-state index contributed by atoms with van der Waals surface area (Å²) in [7, 11) is 0. The molecule has 7 amide bonds. The van der Waals surface area contributed by atoms with Gasteiger partial charge in [0.25, 0.3) is 0 Å². The van der Waals surface area contributed by atoms with E-state index in [0.717, 1.165) is 6.42 Å². The van der Waals surface area contributed by atoms with Crippen LogP contribution in [-0.4, -0.2) is 110 Å². The molecule has 0 radical (unpaired) electrons. The number of guanidine groups is 1. The molecule has 6 atom stereocenters. The van der Waals surface area contributed by atoms with Crippen molar-refractivity contribution in [2.24, 2.45) is 17.2 Å². The summed E-state index contributed by atoms with van der Waals surface area (Å²) < 4.78 is 13.8. The fraction of sp³-hybridized carbons (Fsp3) is 0.622. The number of rotatable bonds is 16. The fourth-order valence-electron chi connectivity index (χ4n) is 6.11. The Labute approximate surface area is 332 Å². The highest BCUT2D eigenvalue weighted by Crippen LogP contribution is 2.11. The predicted molar refractivity (Wildman–Crippen MR) is 210 cm³/mol. The van der Waals surface area contributed by atoms with Crippen LogP contribution in [-0.2, 0) is 40.0 Å². The van der Waals surface area contributed by atoms with Crippen molar-refractivity contribution in [3.8, 4) is 0 Å². The molecular formula is C37H61FN12O7. The van der Waals surface area contributed by atoms with Crippen LogP contribution in [0.3, 0.4) is 0 Å². The Morgan fingerprint density at radius 3 is 2.25 bits per heavy atom. The van der Waals surface area contributed by atoms with E-state index in [1.54, 1.807) is 0 Å². The van der Waals surface area contributed by atoms with Gasteiger partial charge >= 0.3 is 0 Å². The van der Waals surface area contributed by atoms with Gasteiger partial charge in [-0.25, -0.2) is 4.39 Å². The molecule has 0 saturated carbocycles. The molecule has 19 nitrogen and oxygen atoms in total. The SMILES string of the molecule is CCCC[C@H](NC(C)=O)C(=O)N[C@H]1CCC(=O)NCC[C@@H](C(N)=O)NC[C@H](CCCNC(=N)N)NC(=O)[C@@H](Cc2ccc(F)cc2)NC(=O)[C@H](CCCN)NC1=O. The second kappa shape index (κ2) is 25.7. The first-order valence-electron chi connectivity index (χ1n) is 19.4. The molecule has 15 N–H and O–H groups in total. The van der Waals surface area contributed by atoms with E-state index < -0.39 is 83.4 Å². The van der Waals surface area contributed by atoms with Crippen LogP contribution in [0.4, 0.5) is 4.39 Å². The summed E-state index contributed by atoms with van der Waals surface area (Å²) in [5, 5.41) is 29.4. The summed E-state index contributed by atoms with van der Waals surface area (Å²) in [5.74, 6) is -5.19. The van der Waals surface area contributed by atoms with Gasteiger partial charge in [0.1, 0.15) is 30.0 Å². The molecule has 2 rings (SSSR count). The summed E-state index contributed by atoms with van der Waals surface area (Å²) in [6, 6.07) is -0.943. The number of hydrogen-bond acceptors (Lipinski definition) is 10. The maximum Gasteiger partial charge on any atom is 0.243 e. The van der Waals surface area contributed by atoms with Crippen molar-refractivity contribution in [1.82, 2.24) is 42.5 Å². The van der Waals surface area contributed by atoms with Gasteiger partial charge in [-0.05, 0) is 69.2 Å². The molecule has 0 unspecified atom stereocenters. The summed E-state index contributed by atoms with van der Waals surface area (Å²) >= 11 is 0. The van der Waals surface area contributed by atoms with Gasteiger partial charge < -0.3 is 59.7 Å². The number of amides is 7. The van der Waals surface area contributed by atoms with Crippen molar-refractivity contribution >= 4 is 47.3 Å². The highest BCUT2D eigenvalue weighted by atomic mass is 19.1. The molecule has 0 aliphatic carbocycles. The van der Waals surface area contributed by atoms with Crippen molar-refractivity contribution in [2.45, 2.75) is 121 Å². The molecule has 0 bridgehead atoms. The zero-order chi connectivity index (χ0) is 42.3. The summed E-state index contributed by atoms with van der Waals surface area (Å²) in [5.41, 5.74) is 17.4. The molecule has 1 fully saturated rings. The number of primary amides is 1. The van der Waals surface area contributed by atoms with Crippen molar-refractivity contribution < 1.29 is 38.0 Å². The van der Waals surface area contributed by atoms with Gasteiger partial charge in [0.05, 0.1) is 6.04 Å². The zero-order valence-electron chi connectivity index (χ0n) is 32.8. The first-order chi connectivity index (χ1) is 27.1. The quantitative estimate of drug-likeness (QED) is 0.0481. The largest absolute Gasteiger partial charge is 0.370 e. The lowest BCUT2D eigenvalue weighted by Crippen LogP contribution is -2.59. The molecule has 318 valence electrons. The summed E-state index contributed by atoms with van der Waals surface area (Å²) in [6.07, 6.45) is 2.32. The van der Waals surface area contributed by atoms with E-state index in [-0.39, 0.29) is 64.1 Å². The van der Waals surface area contributed by atoms with Crippen LogP contribution in [0.15, 0.2) is 24.3 Å². The number of halogens is 1. The lowest BCUT2D eigenvalue weighted by molar-refractivity contribution is -0.135. The average molecular weight is 805 g/mol. The molecule has 1 aromatic carbocycles. The molecule has 57 heavy (non-hydrogen) atoms. The van der Waals surface area contributed by atoms with E-state index in [9.17, 15) is 38.0 Å². The number of nitrogens with one attached hydrogen (secondary N) is 9. The van der Waals surface area contributed by atoms with Gasteiger partial charge in [-0.1, -0.05) is 31.9 Å². The monoisotopic (exact) mass is 804 g/mol. The number of unbranched alkanes of at least 4 members (excludes halogenated alkanes) is 1. The molecule has 1 aliphatic rings. The van der Waals surface area contributed by atoms with E-state index in [4.69, 9.17) is 22.6 Å². The second-order valence-electron chi connectivity index (χ2n) is 14.1. The predicted octanol–water partition coefficient (Wildman–Crippen LogP) is -2.25. The van der Waals surface area contributed by atoms with E-state index >= 15 is 0 Å². The minimum Gasteiger partial charge on any atom is -0.370 e. The second-order valence-corrected chi connectivity index (χ2v) is 14.1. The summed E-state index contributed by atoms with van der Waals surface area (Å²) in [4.78, 5) is 92.7. The molecule has 0 aromatic heterocycles. The Kier molecular flexibility index (Phi) is 21.6. The molecular weight excluding hydrogens is 743 g/mol. The van der Waals surface area contributed by atoms with Crippen molar-refractivity contribution in [2.75, 3.05) is 26.2 Å². The van der Waals surface area contributed by atoms with E-state index in [1.807, 2.05) is 6.92 Å². The first kappa shape index (κ1) is 47.8. The van der Waals surface area contributed by atoms with Crippen molar-refractivity contribution in [3.63, 3.8) is 0 Å². The van der Waals surface area contributed by atoms with Crippen molar-refractivity contribution in [1.29, 1.82) is 5.41 Å². The van der Waals surface area contributed by atoms with Gasteiger partial charge in [0.15, 0.2) is 5.96 Å². The maximum atomic E-state index is 14.0. The maximum absolute atomic E-state index is 14.0. The van der Waals surface area contributed by atoms with E-state index in [0.29, 0.717) is 37.8 Å². The van der Waals surface area contributed by atoms with Gasteiger partial charge in [0.2, 0.25) is 41.4 Å². The number of hydrogen-bond donors (Lipinski definition) is 12. The van der Waals surface area contributed by atoms with Crippen LogP contribution in [0.1, 0.15) is 83.6 Å². The van der Waals surface area contributed by atoms with Crippen LogP contribution in [0.5, 0.6) is 0 Å². The Balaban J connectivity index is 2.54. The standard InChI is InChI=1S/C37H61FN12O7/c1-3-4-8-27(46-22(2)51)33(54)49-29-14-15-31(52)43-19-16-26(32(40)53)45-21-25(7-6-18-44-37(41)42)47-36(57)30(20-23-10-12-24(38)13-11-23)50-34(55)28(9-5-17-39)48-35(29)56/h10-13,25-30,45H,3-9,14-21,39H2,1-2H3,(H2,40,53)(H,43,52)(H,46,51)(H,47,57)(H,48,56)(H,49,54)(H,50,55)(H4,41,42,44)/t25-,26-,27-,28-,29-,30+/m0/s1. The number of benzene rings is 1. The highest BCUT2D eigenvalue weighted by molar-refractivity contribution is 5.95. The first-order valence-corrected chi connectivity index (χ1v) is 19.4. The Hall–Kier alpha value is -5.37. The lowest BCUT2D eigenvalue weighted by Gasteiger charge is -2.28. The third-order valence-electron chi connectivity index (χ3n) is 9.25. The molecule has 1 saturated heterocycles. The zero-order valence-corrected chi connectivity index (χ0v) is 32.8. The molecule has 1 aliphatic heterocycles.